The lowest BCUT2D eigenvalue weighted by molar-refractivity contribution is 0.0524. The summed E-state index contributed by atoms with van der Waals surface area (Å²) in [7, 11) is 0. The first-order chi connectivity index (χ1) is 18.1. The summed E-state index contributed by atoms with van der Waals surface area (Å²) in [6.07, 6.45) is 0.0000370. The number of benzene rings is 3. The molecular formula is C29H32N2O7. The number of carbonyl (C=O) groups excluding carboxylic acids is 2. The third kappa shape index (κ3) is 8.85. The molecular weight excluding hydrogens is 488 g/mol. The molecule has 0 aliphatic heterocycles. The van der Waals surface area contributed by atoms with Crippen LogP contribution in [0.5, 0.6) is 11.5 Å². The fraction of sp³-hybridized carbons (Fsp3) is 0.276. The number of ether oxygens (including phenoxy) is 3. The predicted molar refractivity (Wildman–Crippen MR) is 143 cm³/mol. The first-order valence-electron chi connectivity index (χ1n) is 12.2. The molecule has 3 N–H and O–H groups in total. The Morgan fingerprint density at radius 3 is 2.29 bits per heavy atom. The van der Waals surface area contributed by atoms with Crippen LogP contribution in [0, 0.1) is 0 Å². The summed E-state index contributed by atoms with van der Waals surface area (Å²) in [6, 6.07) is 20.4. The number of anilines is 1. The molecule has 0 aliphatic carbocycles. The van der Waals surface area contributed by atoms with E-state index in [4.69, 9.17) is 14.2 Å². The van der Waals surface area contributed by atoms with Crippen molar-refractivity contribution in [3.8, 4) is 11.5 Å². The minimum absolute atomic E-state index is 0.0368. The van der Waals surface area contributed by atoms with Crippen LogP contribution in [0.25, 0.3) is 0 Å². The van der Waals surface area contributed by atoms with Crippen LogP contribution in [0.1, 0.15) is 53.5 Å². The molecule has 200 valence electrons. The molecule has 0 unspecified atom stereocenters. The molecule has 0 bridgehead atoms. The zero-order valence-corrected chi connectivity index (χ0v) is 21.7. The van der Waals surface area contributed by atoms with Gasteiger partial charge in [-0.2, -0.15) is 0 Å². The highest BCUT2D eigenvalue weighted by molar-refractivity contribution is 6.07. The van der Waals surface area contributed by atoms with Crippen molar-refractivity contribution in [3.05, 3.63) is 89.5 Å². The third-order valence-electron chi connectivity index (χ3n) is 5.09. The summed E-state index contributed by atoms with van der Waals surface area (Å²) in [5.74, 6) is -0.947. The van der Waals surface area contributed by atoms with E-state index in [2.05, 4.69) is 10.6 Å². The van der Waals surface area contributed by atoms with Crippen molar-refractivity contribution in [2.45, 2.75) is 39.4 Å². The molecule has 0 aromatic heterocycles. The summed E-state index contributed by atoms with van der Waals surface area (Å²) in [6.45, 7) is 6.17. The largest absolute Gasteiger partial charge is 0.493 e. The van der Waals surface area contributed by atoms with E-state index in [0.717, 1.165) is 5.56 Å². The van der Waals surface area contributed by atoms with Crippen LogP contribution in [-0.2, 0) is 11.3 Å². The average molecular weight is 521 g/mol. The van der Waals surface area contributed by atoms with Crippen molar-refractivity contribution in [1.82, 2.24) is 5.32 Å². The summed E-state index contributed by atoms with van der Waals surface area (Å²) < 4.78 is 16.9. The maximum absolute atomic E-state index is 13.2. The molecule has 0 atom stereocenters. The van der Waals surface area contributed by atoms with Crippen LogP contribution >= 0.6 is 0 Å². The number of hydrogen-bond acceptors (Lipinski definition) is 6. The molecule has 0 radical (unpaired) electrons. The van der Waals surface area contributed by atoms with Crippen molar-refractivity contribution in [2.75, 3.05) is 18.5 Å². The van der Waals surface area contributed by atoms with Crippen LogP contribution < -0.4 is 20.1 Å². The Labute approximate surface area is 221 Å². The van der Waals surface area contributed by atoms with E-state index in [9.17, 15) is 19.5 Å². The van der Waals surface area contributed by atoms with Crippen molar-refractivity contribution >= 4 is 23.7 Å². The van der Waals surface area contributed by atoms with E-state index in [1.165, 1.54) is 18.2 Å². The maximum atomic E-state index is 13.2. The van der Waals surface area contributed by atoms with Crippen LogP contribution in [0.3, 0.4) is 0 Å². The van der Waals surface area contributed by atoms with Gasteiger partial charge in [-0.25, -0.2) is 9.59 Å². The molecule has 9 heteroatoms. The SMILES string of the molecule is CC(C)(C)OC(=O)NCCCOc1ccccc1C(=O)Nc1ccc(C(=O)O)cc1OCc1ccccc1. The van der Waals surface area contributed by atoms with Crippen LogP contribution in [0.2, 0.25) is 0 Å². The molecule has 0 heterocycles. The van der Waals surface area contributed by atoms with Gasteiger partial charge in [0.2, 0.25) is 0 Å². The summed E-state index contributed by atoms with van der Waals surface area (Å²) in [5, 5.41) is 14.9. The van der Waals surface area contributed by atoms with Gasteiger partial charge in [-0.1, -0.05) is 42.5 Å². The monoisotopic (exact) mass is 520 g/mol. The molecule has 3 aromatic rings. The van der Waals surface area contributed by atoms with Crippen LogP contribution in [0.15, 0.2) is 72.8 Å². The first-order valence-corrected chi connectivity index (χ1v) is 12.2. The Bertz CT molecular complexity index is 1250. The predicted octanol–water partition coefficient (Wildman–Crippen LogP) is 5.51. The van der Waals surface area contributed by atoms with Gasteiger partial charge in [0, 0.05) is 6.54 Å². The molecule has 38 heavy (non-hydrogen) atoms. The van der Waals surface area contributed by atoms with Crippen molar-refractivity contribution in [2.24, 2.45) is 0 Å². The lowest BCUT2D eigenvalue weighted by Crippen LogP contribution is -2.33. The number of carbonyl (C=O) groups is 3. The average Bonchev–Trinajstić information content (AvgIpc) is 2.87. The highest BCUT2D eigenvalue weighted by Gasteiger charge is 2.17. The number of nitrogens with one attached hydrogen (secondary N) is 2. The molecule has 0 saturated carbocycles. The Balaban J connectivity index is 1.64. The zero-order valence-electron chi connectivity index (χ0n) is 21.7. The molecule has 0 spiro atoms. The number of carboxylic acids is 1. The highest BCUT2D eigenvalue weighted by Crippen LogP contribution is 2.29. The van der Waals surface area contributed by atoms with Crippen LogP contribution in [-0.4, -0.2) is 41.8 Å². The van der Waals surface area contributed by atoms with Crippen molar-refractivity contribution in [3.63, 3.8) is 0 Å². The zero-order chi connectivity index (χ0) is 27.5. The minimum atomic E-state index is -1.10. The van der Waals surface area contributed by atoms with E-state index in [-0.39, 0.29) is 24.5 Å². The minimum Gasteiger partial charge on any atom is -0.493 e. The van der Waals surface area contributed by atoms with E-state index >= 15 is 0 Å². The Morgan fingerprint density at radius 2 is 1.58 bits per heavy atom. The molecule has 0 aliphatic rings. The Hall–Kier alpha value is -4.53. The normalized spacial score (nSPS) is 10.8. The van der Waals surface area contributed by atoms with Crippen molar-refractivity contribution < 1.29 is 33.7 Å². The molecule has 2 amide bonds. The van der Waals surface area contributed by atoms with E-state index in [0.29, 0.717) is 30.0 Å². The van der Waals surface area contributed by atoms with Gasteiger partial charge in [0.15, 0.2) is 0 Å². The fourth-order valence-corrected chi connectivity index (χ4v) is 3.34. The molecule has 3 aromatic carbocycles. The van der Waals surface area contributed by atoms with E-state index < -0.39 is 23.6 Å². The molecule has 0 saturated heterocycles. The summed E-state index contributed by atoms with van der Waals surface area (Å²) in [5.41, 5.74) is 0.976. The number of aromatic carboxylic acids is 1. The smallest absolute Gasteiger partial charge is 0.407 e. The van der Waals surface area contributed by atoms with Crippen LogP contribution in [0.4, 0.5) is 10.5 Å². The number of carboxylic acid groups (broad SMARTS) is 1. The standard InChI is InChI=1S/C29H32N2O7/c1-29(2,3)38-28(35)30-16-9-17-36-24-13-8-7-12-22(24)26(32)31-23-15-14-21(27(33)34)18-25(23)37-19-20-10-5-4-6-11-20/h4-8,10-15,18H,9,16-17,19H2,1-3H3,(H,30,35)(H,31,32)(H,33,34). The number of hydrogen-bond donors (Lipinski definition) is 3. The fourth-order valence-electron chi connectivity index (χ4n) is 3.34. The van der Waals surface area contributed by atoms with Gasteiger partial charge in [0.25, 0.3) is 5.91 Å². The third-order valence-corrected chi connectivity index (χ3v) is 5.09. The molecule has 9 nitrogen and oxygen atoms in total. The van der Waals surface area contributed by atoms with Gasteiger partial charge in [-0.3, -0.25) is 4.79 Å². The molecule has 0 fully saturated rings. The quantitative estimate of drug-likeness (QED) is 0.285. The topological polar surface area (TPSA) is 123 Å². The number of para-hydroxylation sites is 1. The van der Waals surface area contributed by atoms with E-state index in [1.807, 2.05) is 30.3 Å². The lowest BCUT2D eigenvalue weighted by atomic mass is 10.1. The van der Waals surface area contributed by atoms with Gasteiger partial charge < -0.3 is 30.0 Å². The number of amides is 2. The highest BCUT2D eigenvalue weighted by atomic mass is 16.6. The van der Waals surface area contributed by atoms with E-state index in [1.54, 1.807) is 45.0 Å². The van der Waals surface area contributed by atoms with Gasteiger partial charge in [0.05, 0.1) is 23.4 Å². The second kappa shape index (κ2) is 13.1. The van der Waals surface area contributed by atoms with Gasteiger partial charge in [0.1, 0.15) is 23.7 Å². The molecule has 3 rings (SSSR count). The van der Waals surface area contributed by atoms with Gasteiger partial charge in [-0.15, -0.1) is 0 Å². The van der Waals surface area contributed by atoms with Gasteiger partial charge in [-0.05, 0) is 63.1 Å². The van der Waals surface area contributed by atoms with Crippen molar-refractivity contribution in [1.29, 1.82) is 0 Å². The second-order valence-electron chi connectivity index (χ2n) is 9.37. The first kappa shape index (κ1) is 28.0. The number of alkyl carbamates (subject to hydrolysis) is 1. The Kier molecular flexibility index (Phi) is 9.70. The summed E-state index contributed by atoms with van der Waals surface area (Å²) >= 11 is 0. The summed E-state index contributed by atoms with van der Waals surface area (Å²) in [4.78, 5) is 36.4. The number of rotatable bonds is 11. The second-order valence-corrected chi connectivity index (χ2v) is 9.37. The van der Waals surface area contributed by atoms with Gasteiger partial charge >= 0.3 is 12.1 Å². The maximum Gasteiger partial charge on any atom is 0.407 e. The Morgan fingerprint density at radius 1 is 0.868 bits per heavy atom. The lowest BCUT2D eigenvalue weighted by Gasteiger charge is -2.19.